The summed E-state index contributed by atoms with van der Waals surface area (Å²) in [7, 11) is 0. The van der Waals surface area contributed by atoms with E-state index < -0.39 is 11.7 Å². The maximum atomic E-state index is 13.4. The SMILES string of the molecule is O=C1C[C@@H](C(=O)NCc2cnc3cnccn23)c2ccc(F)cc2N1. The first-order valence-corrected chi connectivity index (χ1v) is 7.75. The second kappa shape index (κ2) is 5.97. The monoisotopic (exact) mass is 339 g/mol. The number of fused-ring (bicyclic) bond motifs is 2. The van der Waals surface area contributed by atoms with Crippen LogP contribution in [0.25, 0.3) is 5.65 Å². The zero-order valence-electron chi connectivity index (χ0n) is 13.1. The fourth-order valence-corrected chi connectivity index (χ4v) is 3.00. The molecule has 126 valence electrons. The van der Waals surface area contributed by atoms with Gasteiger partial charge in [-0.25, -0.2) is 9.37 Å². The third kappa shape index (κ3) is 2.82. The lowest BCUT2D eigenvalue weighted by atomic mass is 9.89. The standard InChI is InChI=1S/C17H14FN5O2/c18-10-1-2-12-13(6-16(24)22-14(12)5-10)17(25)21-8-11-7-20-15-9-19-3-4-23(11)15/h1-5,7,9,13H,6,8H2,(H,21,25)(H,22,24)/t13-/m1/s1. The molecule has 8 heteroatoms. The van der Waals surface area contributed by atoms with Crippen LogP contribution >= 0.6 is 0 Å². The van der Waals surface area contributed by atoms with Crippen LogP contribution in [0.1, 0.15) is 23.6 Å². The minimum atomic E-state index is -0.648. The van der Waals surface area contributed by atoms with E-state index in [1.54, 1.807) is 24.8 Å². The van der Waals surface area contributed by atoms with Gasteiger partial charge in [-0.2, -0.15) is 0 Å². The number of aromatic nitrogens is 3. The number of hydrogen-bond acceptors (Lipinski definition) is 4. The maximum Gasteiger partial charge on any atom is 0.228 e. The molecule has 0 spiro atoms. The molecule has 1 aromatic carbocycles. The van der Waals surface area contributed by atoms with Gasteiger partial charge in [0.05, 0.1) is 30.6 Å². The Hall–Kier alpha value is -3.29. The number of nitrogens with zero attached hydrogens (tertiary/aromatic N) is 3. The Labute approximate surface area is 141 Å². The number of anilines is 1. The summed E-state index contributed by atoms with van der Waals surface area (Å²) in [6.07, 6.45) is 6.71. The first kappa shape index (κ1) is 15.3. The Morgan fingerprint density at radius 1 is 1.40 bits per heavy atom. The minimum Gasteiger partial charge on any atom is -0.350 e. The van der Waals surface area contributed by atoms with Gasteiger partial charge in [-0.15, -0.1) is 0 Å². The molecule has 0 unspecified atom stereocenters. The van der Waals surface area contributed by atoms with E-state index in [2.05, 4.69) is 20.6 Å². The van der Waals surface area contributed by atoms with Crippen molar-refractivity contribution < 1.29 is 14.0 Å². The molecule has 0 radical (unpaired) electrons. The number of halogens is 1. The fraction of sp³-hybridized carbons (Fsp3) is 0.176. The molecular formula is C17H14FN5O2. The van der Waals surface area contributed by atoms with Crippen LogP contribution in [-0.4, -0.2) is 26.2 Å². The molecule has 0 saturated carbocycles. The first-order valence-electron chi connectivity index (χ1n) is 7.75. The summed E-state index contributed by atoms with van der Waals surface area (Å²) < 4.78 is 15.2. The van der Waals surface area contributed by atoms with Crippen LogP contribution in [0.5, 0.6) is 0 Å². The normalized spacial score (nSPS) is 16.4. The zero-order chi connectivity index (χ0) is 17.4. The lowest BCUT2D eigenvalue weighted by Gasteiger charge is -2.24. The molecule has 1 aliphatic rings. The van der Waals surface area contributed by atoms with Crippen molar-refractivity contribution in [3.05, 3.63) is 60.1 Å². The molecule has 1 atom stereocenters. The topological polar surface area (TPSA) is 88.4 Å². The average Bonchev–Trinajstić information content (AvgIpc) is 3.01. The number of rotatable bonds is 3. The van der Waals surface area contributed by atoms with E-state index in [-0.39, 0.29) is 24.8 Å². The lowest BCUT2D eigenvalue weighted by Crippen LogP contribution is -2.35. The minimum absolute atomic E-state index is 0.0293. The van der Waals surface area contributed by atoms with Crippen LogP contribution in [0.3, 0.4) is 0 Å². The van der Waals surface area contributed by atoms with Crippen molar-refractivity contribution in [2.45, 2.75) is 18.9 Å². The van der Waals surface area contributed by atoms with Crippen LogP contribution < -0.4 is 10.6 Å². The van der Waals surface area contributed by atoms with Gasteiger partial charge >= 0.3 is 0 Å². The highest BCUT2D eigenvalue weighted by atomic mass is 19.1. The number of hydrogen-bond donors (Lipinski definition) is 2. The van der Waals surface area contributed by atoms with E-state index in [0.29, 0.717) is 16.9 Å². The Kier molecular flexibility index (Phi) is 3.64. The predicted octanol–water partition coefficient (Wildman–Crippen LogP) is 1.61. The van der Waals surface area contributed by atoms with Crippen LogP contribution in [-0.2, 0) is 16.1 Å². The molecule has 4 rings (SSSR count). The zero-order valence-corrected chi connectivity index (χ0v) is 13.1. The number of nitrogens with one attached hydrogen (secondary N) is 2. The summed E-state index contributed by atoms with van der Waals surface area (Å²) in [4.78, 5) is 32.6. The van der Waals surface area contributed by atoms with Crippen molar-refractivity contribution in [2.75, 3.05) is 5.32 Å². The van der Waals surface area contributed by atoms with Crippen molar-refractivity contribution in [3.63, 3.8) is 0 Å². The van der Waals surface area contributed by atoms with Gasteiger partial charge in [0.15, 0.2) is 5.65 Å². The largest absolute Gasteiger partial charge is 0.350 e. The molecule has 3 aromatic rings. The number of benzene rings is 1. The highest BCUT2D eigenvalue weighted by molar-refractivity contribution is 6.01. The van der Waals surface area contributed by atoms with Gasteiger partial charge in [-0.05, 0) is 17.7 Å². The van der Waals surface area contributed by atoms with Gasteiger partial charge in [0.25, 0.3) is 0 Å². The molecule has 0 aliphatic carbocycles. The summed E-state index contributed by atoms with van der Waals surface area (Å²) in [5.74, 6) is -1.70. The quantitative estimate of drug-likeness (QED) is 0.759. The fourth-order valence-electron chi connectivity index (χ4n) is 3.00. The van der Waals surface area contributed by atoms with Gasteiger partial charge in [0.2, 0.25) is 11.8 Å². The van der Waals surface area contributed by atoms with Gasteiger partial charge in [-0.1, -0.05) is 6.07 Å². The van der Waals surface area contributed by atoms with Crippen molar-refractivity contribution in [1.82, 2.24) is 19.7 Å². The Bertz CT molecular complexity index is 984. The number of carbonyl (C=O) groups excluding carboxylic acids is 2. The van der Waals surface area contributed by atoms with E-state index in [0.717, 1.165) is 5.69 Å². The number of amides is 2. The summed E-state index contributed by atoms with van der Waals surface area (Å²) in [6, 6.07) is 4.05. The van der Waals surface area contributed by atoms with Crippen molar-refractivity contribution in [3.8, 4) is 0 Å². The molecule has 2 amide bonds. The van der Waals surface area contributed by atoms with E-state index in [1.807, 2.05) is 4.40 Å². The second-order valence-corrected chi connectivity index (χ2v) is 5.81. The summed E-state index contributed by atoms with van der Waals surface area (Å²) in [5, 5.41) is 5.43. The average molecular weight is 339 g/mol. The Balaban J connectivity index is 1.54. The molecule has 25 heavy (non-hydrogen) atoms. The Morgan fingerprint density at radius 3 is 3.16 bits per heavy atom. The summed E-state index contributed by atoms with van der Waals surface area (Å²) in [6.45, 7) is 0.263. The van der Waals surface area contributed by atoms with Crippen LogP contribution in [0, 0.1) is 5.82 Å². The van der Waals surface area contributed by atoms with E-state index in [9.17, 15) is 14.0 Å². The van der Waals surface area contributed by atoms with Gasteiger partial charge in [0, 0.05) is 24.5 Å². The predicted molar refractivity (Wildman–Crippen MR) is 87.2 cm³/mol. The molecular weight excluding hydrogens is 325 g/mol. The third-order valence-electron chi connectivity index (χ3n) is 4.21. The highest BCUT2D eigenvalue weighted by Crippen LogP contribution is 2.32. The number of carbonyl (C=O) groups is 2. The van der Waals surface area contributed by atoms with Crippen LogP contribution in [0.4, 0.5) is 10.1 Å². The lowest BCUT2D eigenvalue weighted by molar-refractivity contribution is -0.126. The molecule has 3 heterocycles. The van der Waals surface area contributed by atoms with Crippen molar-refractivity contribution in [1.29, 1.82) is 0 Å². The maximum absolute atomic E-state index is 13.4. The molecule has 0 fully saturated rings. The molecule has 7 nitrogen and oxygen atoms in total. The molecule has 0 saturated heterocycles. The van der Waals surface area contributed by atoms with E-state index in [1.165, 1.54) is 18.2 Å². The highest BCUT2D eigenvalue weighted by Gasteiger charge is 2.30. The molecule has 1 aliphatic heterocycles. The van der Waals surface area contributed by atoms with Crippen molar-refractivity contribution >= 4 is 23.1 Å². The molecule has 2 N–H and O–H groups in total. The first-order chi connectivity index (χ1) is 12.1. The summed E-state index contributed by atoms with van der Waals surface area (Å²) in [5.41, 5.74) is 2.44. The number of imidazole rings is 1. The van der Waals surface area contributed by atoms with E-state index >= 15 is 0 Å². The van der Waals surface area contributed by atoms with Gasteiger partial charge in [-0.3, -0.25) is 19.0 Å². The third-order valence-corrected chi connectivity index (χ3v) is 4.21. The van der Waals surface area contributed by atoms with Gasteiger partial charge in [0.1, 0.15) is 5.82 Å². The van der Waals surface area contributed by atoms with Crippen molar-refractivity contribution in [2.24, 2.45) is 0 Å². The summed E-state index contributed by atoms with van der Waals surface area (Å²) >= 11 is 0. The van der Waals surface area contributed by atoms with Gasteiger partial charge < -0.3 is 10.6 Å². The molecule has 0 bridgehead atoms. The Morgan fingerprint density at radius 2 is 2.28 bits per heavy atom. The van der Waals surface area contributed by atoms with Crippen LogP contribution in [0.2, 0.25) is 0 Å². The second-order valence-electron chi connectivity index (χ2n) is 5.81. The van der Waals surface area contributed by atoms with E-state index in [4.69, 9.17) is 0 Å². The van der Waals surface area contributed by atoms with Crippen LogP contribution in [0.15, 0.2) is 43.0 Å². The smallest absolute Gasteiger partial charge is 0.228 e. The molecule has 2 aromatic heterocycles.